The Kier molecular flexibility index (Phi) is 5.69. The van der Waals surface area contributed by atoms with E-state index in [0.29, 0.717) is 12.5 Å². The van der Waals surface area contributed by atoms with Crippen molar-refractivity contribution in [2.24, 2.45) is 0 Å². The lowest BCUT2D eigenvalue weighted by Crippen LogP contribution is -2.10. The first-order valence-electron chi connectivity index (χ1n) is 4.01. The van der Waals surface area contributed by atoms with Crippen molar-refractivity contribution >= 4 is 0 Å². The molecule has 1 N–H and O–H groups in total. The van der Waals surface area contributed by atoms with Gasteiger partial charge in [-0.3, -0.25) is 4.98 Å². The Morgan fingerprint density at radius 2 is 2.25 bits per heavy atom. The third kappa shape index (κ3) is 3.75. The molecule has 0 aromatic carbocycles. The van der Waals surface area contributed by atoms with Gasteiger partial charge in [-0.2, -0.15) is 0 Å². The van der Waals surface area contributed by atoms with E-state index in [1.807, 2.05) is 20.8 Å². The number of hydrogen-bond acceptors (Lipinski definition) is 3. The molecule has 0 bridgehead atoms. The molecule has 0 aliphatic heterocycles. The molecule has 0 aliphatic rings. The molecule has 0 unspecified atom stereocenters. The van der Waals surface area contributed by atoms with Crippen LogP contribution in [0.3, 0.4) is 0 Å². The van der Waals surface area contributed by atoms with Crippen molar-refractivity contribution in [2.45, 2.75) is 20.8 Å². The smallest absolute Gasteiger partial charge is 0.347 e. The molecule has 0 spiro atoms. The van der Waals surface area contributed by atoms with E-state index in [9.17, 15) is 4.79 Å². The molecule has 68 valence electrons. The van der Waals surface area contributed by atoms with Gasteiger partial charge in [-0.25, -0.2) is 9.78 Å². The molecule has 0 radical (unpaired) electrons. The minimum Gasteiger partial charge on any atom is -0.479 e. The van der Waals surface area contributed by atoms with Crippen LogP contribution in [-0.4, -0.2) is 16.6 Å². The van der Waals surface area contributed by atoms with Crippen molar-refractivity contribution in [3.8, 4) is 5.88 Å². The third-order valence-electron chi connectivity index (χ3n) is 0.948. The van der Waals surface area contributed by atoms with Crippen LogP contribution in [0.1, 0.15) is 20.8 Å². The zero-order chi connectivity index (χ0) is 9.40. The lowest BCUT2D eigenvalue weighted by atomic mass is 10.6. The summed E-state index contributed by atoms with van der Waals surface area (Å²) < 4.78 is 4.99. The summed E-state index contributed by atoms with van der Waals surface area (Å²) in [7, 11) is 0. The standard InChI is InChI=1S/C6H8N2O2.C2H6/c1-2-10-5-3-4-7-6(9)8-5;1-2/h3-4H,2H2,1H3,(H,7,8,9);1-2H3. The average molecular weight is 170 g/mol. The van der Waals surface area contributed by atoms with Crippen LogP contribution in [-0.2, 0) is 0 Å². The SMILES string of the molecule is CC.CCOc1ccnc(=O)[nH]1. The number of H-pyrrole nitrogens is 1. The van der Waals surface area contributed by atoms with Crippen molar-refractivity contribution in [2.75, 3.05) is 6.61 Å². The number of ether oxygens (including phenoxy) is 1. The van der Waals surface area contributed by atoms with Crippen LogP contribution in [0.25, 0.3) is 0 Å². The van der Waals surface area contributed by atoms with Crippen LogP contribution >= 0.6 is 0 Å². The second-order valence-corrected chi connectivity index (χ2v) is 1.67. The molecule has 0 fully saturated rings. The van der Waals surface area contributed by atoms with Crippen molar-refractivity contribution in [1.82, 2.24) is 9.97 Å². The van der Waals surface area contributed by atoms with Crippen LogP contribution in [0, 0.1) is 0 Å². The Morgan fingerprint density at radius 3 is 2.75 bits per heavy atom. The Morgan fingerprint density at radius 1 is 1.58 bits per heavy atom. The Hall–Kier alpha value is -1.32. The van der Waals surface area contributed by atoms with Crippen LogP contribution < -0.4 is 10.4 Å². The van der Waals surface area contributed by atoms with Gasteiger partial charge >= 0.3 is 5.69 Å². The van der Waals surface area contributed by atoms with Gasteiger partial charge in [-0.1, -0.05) is 13.8 Å². The predicted molar refractivity (Wildman–Crippen MR) is 47.4 cm³/mol. The zero-order valence-corrected chi connectivity index (χ0v) is 7.63. The molecule has 1 rings (SSSR count). The summed E-state index contributed by atoms with van der Waals surface area (Å²) in [5.41, 5.74) is -0.383. The van der Waals surface area contributed by atoms with E-state index in [0.717, 1.165) is 0 Å². The predicted octanol–water partition coefficient (Wildman–Crippen LogP) is 1.19. The highest BCUT2D eigenvalue weighted by Crippen LogP contribution is 1.97. The van der Waals surface area contributed by atoms with Gasteiger partial charge in [0.15, 0.2) is 5.88 Å². The summed E-state index contributed by atoms with van der Waals surface area (Å²) >= 11 is 0. The van der Waals surface area contributed by atoms with Gasteiger partial charge in [-0.15, -0.1) is 0 Å². The molecule has 0 saturated carbocycles. The van der Waals surface area contributed by atoms with E-state index >= 15 is 0 Å². The van der Waals surface area contributed by atoms with Crippen molar-refractivity contribution in [3.05, 3.63) is 22.7 Å². The van der Waals surface area contributed by atoms with Crippen LogP contribution in [0.15, 0.2) is 17.1 Å². The number of rotatable bonds is 2. The number of aromatic nitrogens is 2. The second-order valence-electron chi connectivity index (χ2n) is 1.67. The number of nitrogens with zero attached hydrogens (tertiary/aromatic N) is 1. The van der Waals surface area contributed by atoms with Crippen LogP contribution in [0.5, 0.6) is 5.88 Å². The van der Waals surface area contributed by atoms with Crippen molar-refractivity contribution in [3.63, 3.8) is 0 Å². The Balaban J connectivity index is 0.000000561. The molecule has 0 atom stereocenters. The van der Waals surface area contributed by atoms with E-state index in [-0.39, 0.29) is 5.69 Å². The Labute approximate surface area is 71.6 Å². The highest BCUT2D eigenvalue weighted by atomic mass is 16.5. The lowest BCUT2D eigenvalue weighted by Gasteiger charge is -1.98. The maximum absolute atomic E-state index is 10.5. The topological polar surface area (TPSA) is 55.0 Å². The number of hydrogen-bond donors (Lipinski definition) is 1. The first kappa shape index (κ1) is 10.7. The van der Waals surface area contributed by atoms with Crippen molar-refractivity contribution in [1.29, 1.82) is 0 Å². The highest BCUT2D eigenvalue weighted by Gasteiger charge is 1.89. The first-order chi connectivity index (χ1) is 5.83. The lowest BCUT2D eigenvalue weighted by molar-refractivity contribution is 0.325. The normalized spacial score (nSPS) is 8.25. The van der Waals surface area contributed by atoms with Gasteiger partial charge in [0.25, 0.3) is 0 Å². The maximum Gasteiger partial charge on any atom is 0.347 e. The third-order valence-corrected chi connectivity index (χ3v) is 0.948. The summed E-state index contributed by atoms with van der Waals surface area (Å²) in [5, 5.41) is 0. The molecule has 12 heavy (non-hydrogen) atoms. The fourth-order valence-corrected chi connectivity index (χ4v) is 0.592. The fourth-order valence-electron chi connectivity index (χ4n) is 0.592. The van der Waals surface area contributed by atoms with E-state index in [2.05, 4.69) is 9.97 Å². The summed E-state index contributed by atoms with van der Waals surface area (Å²) in [6.45, 7) is 6.39. The molecule has 4 nitrogen and oxygen atoms in total. The fraction of sp³-hybridized carbons (Fsp3) is 0.500. The molecular formula is C8H14N2O2. The zero-order valence-electron chi connectivity index (χ0n) is 7.63. The monoisotopic (exact) mass is 170 g/mol. The maximum atomic E-state index is 10.5. The number of aromatic amines is 1. The molecule has 0 aliphatic carbocycles. The molecule has 0 amide bonds. The van der Waals surface area contributed by atoms with Gasteiger partial charge in [0.2, 0.25) is 0 Å². The van der Waals surface area contributed by atoms with Crippen molar-refractivity contribution < 1.29 is 4.74 Å². The molecule has 4 heteroatoms. The van der Waals surface area contributed by atoms with Gasteiger partial charge in [0.1, 0.15) is 0 Å². The van der Waals surface area contributed by atoms with E-state index in [1.54, 1.807) is 6.07 Å². The quantitative estimate of drug-likeness (QED) is 0.725. The van der Waals surface area contributed by atoms with Crippen LogP contribution in [0.2, 0.25) is 0 Å². The van der Waals surface area contributed by atoms with E-state index in [4.69, 9.17) is 4.74 Å². The summed E-state index contributed by atoms with van der Waals surface area (Å²) in [6, 6.07) is 1.60. The van der Waals surface area contributed by atoms with Gasteiger partial charge in [0, 0.05) is 12.3 Å². The summed E-state index contributed by atoms with van der Waals surface area (Å²) in [6.07, 6.45) is 1.41. The van der Waals surface area contributed by atoms with E-state index in [1.165, 1.54) is 6.20 Å². The molecule has 1 heterocycles. The van der Waals surface area contributed by atoms with Gasteiger partial charge in [0.05, 0.1) is 6.61 Å². The van der Waals surface area contributed by atoms with Gasteiger partial charge < -0.3 is 4.74 Å². The van der Waals surface area contributed by atoms with Gasteiger partial charge in [-0.05, 0) is 6.92 Å². The van der Waals surface area contributed by atoms with Crippen LogP contribution in [0.4, 0.5) is 0 Å². The minimum absolute atomic E-state index is 0.383. The number of nitrogens with one attached hydrogen (secondary N) is 1. The molecule has 0 saturated heterocycles. The Bertz CT molecular complexity index is 257. The van der Waals surface area contributed by atoms with E-state index < -0.39 is 0 Å². The molecule has 1 aromatic heterocycles. The summed E-state index contributed by atoms with van der Waals surface area (Å²) in [4.78, 5) is 16.4. The summed E-state index contributed by atoms with van der Waals surface area (Å²) in [5.74, 6) is 0.461. The minimum atomic E-state index is -0.383. The highest BCUT2D eigenvalue weighted by molar-refractivity contribution is 5.03. The average Bonchev–Trinajstić information content (AvgIpc) is 2.09. The molecular weight excluding hydrogens is 156 g/mol. The second kappa shape index (κ2) is 6.39. The molecule has 1 aromatic rings. The first-order valence-corrected chi connectivity index (χ1v) is 4.01. The largest absolute Gasteiger partial charge is 0.479 e.